The minimum atomic E-state index is -0.727. The van der Waals surface area contributed by atoms with Gasteiger partial charge >= 0.3 is 12.0 Å². The Kier molecular flexibility index (Phi) is 8.16. The van der Waals surface area contributed by atoms with Gasteiger partial charge in [0.2, 0.25) is 0 Å². The second-order valence-corrected chi connectivity index (χ2v) is 6.24. The van der Waals surface area contributed by atoms with Crippen molar-refractivity contribution in [2.75, 3.05) is 6.54 Å². The highest BCUT2D eigenvalue weighted by Gasteiger charge is 2.30. The van der Waals surface area contributed by atoms with Gasteiger partial charge in [-0.15, -0.1) is 0 Å². The van der Waals surface area contributed by atoms with Crippen LogP contribution in [0.25, 0.3) is 0 Å². The van der Waals surface area contributed by atoms with Crippen LogP contribution in [0.2, 0.25) is 0 Å². The summed E-state index contributed by atoms with van der Waals surface area (Å²) in [6.07, 6.45) is 8.15. The molecule has 0 spiro atoms. The van der Waals surface area contributed by atoms with E-state index in [4.69, 9.17) is 0 Å². The number of aliphatic carboxylic acids is 1. The summed E-state index contributed by atoms with van der Waals surface area (Å²) in [7, 11) is 0. The number of carboxylic acid groups (broad SMARTS) is 1. The van der Waals surface area contributed by atoms with Gasteiger partial charge in [0.05, 0.1) is 5.92 Å². The molecule has 3 unspecified atom stereocenters. The zero-order chi connectivity index (χ0) is 15.7. The predicted octanol–water partition coefficient (Wildman–Crippen LogP) is 3.15. The summed E-state index contributed by atoms with van der Waals surface area (Å²) < 4.78 is 0. The Morgan fingerprint density at radius 1 is 1.24 bits per heavy atom. The van der Waals surface area contributed by atoms with Crippen LogP contribution in [0.15, 0.2) is 0 Å². The van der Waals surface area contributed by atoms with Crippen molar-refractivity contribution in [3.63, 3.8) is 0 Å². The standard InChI is InChI=1S/C16H30N2O3/c1-3-4-5-8-12(2)18-16(21)17-11-13-9-6-7-10-14(13)15(19)20/h12-14H,3-11H2,1-2H3,(H,19,20)(H2,17,18,21). The molecule has 1 fully saturated rings. The fourth-order valence-corrected chi connectivity index (χ4v) is 3.05. The van der Waals surface area contributed by atoms with Crippen LogP contribution < -0.4 is 10.6 Å². The third-order valence-corrected chi connectivity index (χ3v) is 4.37. The molecule has 3 atom stereocenters. The van der Waals surface area contributed by atoms with Gasteiger partial charge in [-0.05, 0) is 32.1 Å². The molecule has 0 heterocycles. The van der Waals surface area contributed by atoms with Crippen LogP contribution in [-0.2, 0) is 4.79 Å². The fourth-order valence-electron chi connectivity index (χ4n) is 3.05. The number of rotatable bonds is 8. The Balaban J connectivity index is 2.26. The minimum Gasteiger partial charge on any atom is -0.481 e. The van der Waals surface area contributed by atoms with E-state index < -0.39 is 5.97 Å². The largest absolute Gasteiger partial charge is 0.481 e. The van der Waals surface area contributed by atoms with E-state index in [1.165, 1.54) is 12.8 Å². The fraction of sp³-hybridized carbons (Fsp3) is 0.875. The summed E-state index contributed by atoms with van der Waals surface area (Å²) in [5.41, 5.74) is 0. The van der Waals surface area contributed by atoms with E-state index in [9.17, 15) is 14.7 Å². The highest BCUT2D eigenvalue weighted by atomic mass is 16.4. The number of nitrogens with one attached hydrogen (secondary N) is 2. The molecule has 1 aliphatic carbocycles. The average molecular weight is 298 g/mol. The number of urea groups is 1. The zero-order valence-electron chi connectivity index (χ0n) is 13.4. The molecule has 0 radical (unpaired) electrons. The van der Waals surface area contributed by atoms with E-state index in [1.807, 2.05) is 6.92 Å². The molecule has 3 N–H and O–H groups in total. The topological polar surface area (TPSA) is 78.4 Å². The van der Waals surface area contributed by atoms with E-state index in [0.29, 0.717) is 6.54 Å². The molecule has 5 heteroatoms. The van der Waals surface area contributed by atoms with Crippen molar-refractivity contribution in [1.82, 2.24) is 10.6 Å². The van der Waals surface area contributed by atoms with Gasteiger partial charge in [0.15, 0.2) is 0 Å². The number of amides is 2. The molecule has 1 aliphatic rings. The Morgan fingerprint density at radius 3 is 2.62 bits per heavy atom. The maximum Gasteiger partial charge on any atom is 0.315 e. The molecule has 0 aromatic rings. The molecule has 0 saturated heterocycles. The van der Waals surface area contributed by atoms with Crippen LogP contribution in [0.1, 0.15) is 65.2 Å². The number of hydrogen-bond acceptors (Lipinski definition) is 2. The first kappa shape index (κ1) is 17.8. The minimum absolute atomic E-state index is 0.0670. The second-order valence-electron chi connectivity index (χ2n) is 6.24. The quantitative estimate of drug-likeness (QED) is 0.602. The van der Waals surface area contributed by atoms with Gasteiger partial charge in [0.25, 0.3) is 0 Å². The van der Waals surface area contributed by atoms with Gasteiger partial charge in [-0.3, -0.25) is 4.79 Å². The van der Waals surface area contributed by atoms with Crippen LogP contribution in [0.5, 0.6) is 0 Å². The normalized spacial score (nSPS) is 23.3. The van der Waals surface area contributed by atoms with Crippen molar-refractivity contribution in [2.45, 2.75) is 71.3 Å². The molecule has 1 saturated carbocycles. The monoisotopic (exact) mass is 298 g/mol. The summed E-state index contributed by atoms with van der Waals surface area (Å²) in [4.78, 5) is 23.0. The van der Waals surface area contributed by atoms with Crippen LogP contribution in [0.4, 0.5) is 4.79 Å². The third kappa shape index (κ3) is 6.82. The Hall–Kier alpha value is -1.26. The van der Waals surface area contributed by atoms with Gasteiger partial charge in [0, 0.05) is 12.6 Å². The number of unbranched alkanes of at least 4 members (excludes halogenated alkanes) is 2. The molecule has 21 heavy (non-hydrogen) atoms. The summed E-state index contributed by atoms with van der Waals surface area (Å²) in [6.45, 7) is 4.63. The zero-order valence-corrected chi connectivity index (χ0v) is 13.4. The molecular formula is C16H30N2O3. The summed E-state index contributed by atoms with van der Waals surface area (Å²) in [5.74, 6) is -0.965. The Labute approximate surface area is 127 Å². The highest BCUT2D eigenvalue weighted by Crippen LogP contribution is 2.29. The molecule has 0 aromatic heterocycles. The van der Waals surface area contributed by atoms with Crippen molar-refractivity contribution in [1.29, 1.82) is 0 Å². The number of carboxylic acids is 1. The maximum absolute atomic E-state index is 11.8. The SMILES string of the molecule is CCCCCC(C)NC(=O)NCC1CCCCC1C(=O)O. The first-order chi connectivity index (χ1) is 10.0. The molecule has 0 aromatic carbocycles. The van der Waals surface area contributed by atoms with E-state index in [-0.39, 0.29) is 23.9 Å². The average Bonchev–Trinajstić information content (AvgIpc) is 2.45. The predicted molar refractivity (Wildman–Crippen MR) is 83.2 cm³/mol. The Morgan fingerprint density at radius 2 is 1.95 bits per heavy atom. The van der Waals surface area contributed by atoms with Gasteiger partial charge in [-0.25, -0.2) is 4.79 Å². The van der Waals surface area contributed by atoms with Gasteiger partial charge in [-0.1, -0.05) is 39.0 Å². The van der Waals surface area contributed by atoms with Crippen molar-refractivity contribution >= 4 is 12.0 Å². The van der Waals surface area contributed by atoms with Gasteiger partial charge < -0.3 is 15.7 Å². The van der Waals surface area contributed by atoms with Crippen LogP contribution in [0.3, 0.4) is 0 Å². The van der Waals surface area contributed by atoms with Crippen LogP contribution in [-0.4, -0.2) is 29.7 Å². The van der Waals surface area contributed by atoms with Crippen molar-refractivity contribution in [2.24, 2.45) is 11.8 Å². The summed E-state index contributed by atoms with van der Waals surface area (Å²) in [6, 6.07) is -0.00751. The van der Waals surface area contributed by atoms with Gasteiger partial charge in [-0.2, -0.15) is 0 Å². The van der Waals surface area contributed by atoms with Crippen LogP contribution >= 0.6 is 0 Å². The van der Waals surface area contributed by atoms with Crippen molar-refractivity contribution in [3.8, 4) is 0 Å². The van der Waals surface area contributed by atoms with Crippen LogP contribution in [0, 0.1) is 11.8 Å². The number of hydrogen-bond donors (Lipinski definition) is 3. The maximum atomic E-state index is 11.8. The summed E-state index contributed by atoms with van der Waals surface area (Å²) >= 11 is 0. The van der Waals surface area contributed by atoms with E-state index in [2.05, 4.69) is 17.6 Å². The smallest absolute Gasteiger partial charge is 0.315 e. The molecule has 5 nitrogen and oxygen atoms in total. The lowest BCUT2D eigenvalue weighted by atomic mass is 9.79. The van der Waals surface area contributed by atoms with E-state index in [0.717, 1.165) is 38.5 Å². The Bertz CT molecular complexity index is 333. The van der Waals surface area contributed by atoms with E-state index in [1.54, 1.807) is 0 Å². The third-order valence-electron chi connectivity index (χ3n) is 4.37. The number of carbonyl (C=O) groups is 2. The lowest BCUT2D eigenvalue weighted by Gasteiger charge is -2.28. The second kappa shape index (κ2) is 9.64. The van der Waals surface area contributed by atoms with Gasteiger partial charge in [0.1, 0.15) is 0 Å². The summed E-state index contributed by atoms with van der Waals surface area (Å²) in [5, 5.41) is 15.0. The lowest BCUT2D eigenvalue weighted by molar-refractivity contribution is -0.144. The first-order valence-corrected chi connectivity index (χ1v) is 8.31. The van der Waals surface area contributed by atoms with Crippen molar-refractivity contribution in [3.05, 3.63) is 0 Å². The molecule has 122 valence electrons. The molecule has 0 bridgehead atoms. The molecule has 2 amide bonds. The molecular weight excluding hydrogens is 268 g/mol. The molecule has 1 rings (SSSR count). The lowest BCUT2D eigenvalue weighted by Crippen LogP contribution is -2.44. The highest BCUT2D eigenvalue weighted by molar-refractivity contribution is 5.74. The first-order valence-electron chi connectivity index (χ1n) is 8.31. The molecule has 0 aliphatic heterocycles. The van der Waals surface area contributed by atoms with E-state index >= 15 is 0 Å². The number of carbonyl (C=O) groups excluding carboxylic acids is 1. The van der Waals surface area contributed by atoms with Crippen molar-refractivity contribution < 1.29 is 14.7 Å².